The maximum absolute atomic E-state index is 12.3. The normalized spacial score (nSPS) is 11.6. The smallest absolute Gasteiger partial charge is 0.250 e. The highest BCUT2D eigenvalue weighted by Gasteiger charge is 2.15. The molecular weight excluding hydrogens is 372 g/mol. The zero-order chi connectivity index (χ0) is 18.6. The van der Waals surface area contributed by atoms with Crippen LogP contribution < -0.4 is 10.0 Å². The molecule has 0 spiro atoms. The predicted octanol–water partition coefficient (Wildman–Crippen LogP) is 1.99. The van der Waals surface area contributed by atoms with E-state index in [1.54, 1.807) is 36.1 Å². The molecule has 0 aliphatic rings. The van der Waals surface area contributed by atoms with Crippen molar-refractivity contribution in [3.63, 3.8) is 0 Å². The average molecular weight is 393 g/mol. The highest BCUT2D eigenvalue weighted by Crippen LogP contribution is 2.21. The molecular formula is C16H20N6O2S2. The molecule has 0 atom stereocenters. The summed E-state index contributed by atoms with van der Waals surface area (Å²) in [4.78, 5) is 9.69. The van der Waals surface area contributed by atoms with Gasteiger partial charge in [-0.15, -0.1) is 11.3 Å². The minimum Gasteiger partial charge on any atom is -0.369 e. The van der Waals surface area contributed by atoms with Crippen LogP contribution in [0.25, 0.3) is 5.82 Å². The number of nitrogens with one attached hydrogen (secondary N) is 2. The molecule has 3 aromatic rings. The molecule has 0 saturated heterocycles. The Bertz CT molecular complexity index is 967. The molecule has 0 bridgehead atoms. The number of hydrogen-bond acceptors (Lipinski definition) is 7. The second kappa shape index (κ2) is 7.94. The van der Waals surface area contributed by atoms with Gasteiger partial charge in [0.1, 0.15) is 15.9 Å². The molecule has 0 saturated carbocycles. The first kappa shape index (κ1) is 18.5. The van der Waals surface area contributed by atoms with Crippen molar-refractivity contribution >= 4 is 27.2 Å². The summed E-state index contributed by atoms with van der Waals surface area (Å²) in [7, 11) is -3.47. The van der Waals surface area contributed by atoms with E-state index in [1.165, 1.54) is 11.3 Å². The quantitative estimate of drug-likeness (QED) is 0.569. The Morgan fingerprint density at radius 3 is 2.77 bits per heavy atom. The summed E-state index contributed by atoms with van der Waals surface area (Å²) in [5, 5.41) is 7.26. The van der Waals surface area contributed by atoms with Gasteiger partial charge >= 0.3 is 0 Å². The summed E-state index contributed by atoms with van der Waals surface area (Å²) in [5.41, 5.74) is 0. The molecule has 138 valence electrons. The van der Waals surface area contributed by atoms with Crippen molar-refractivity contribution in [2.75, 3.05) is 18.4 Å². The molecule has 10 heteroatoms. The van der Waals surface area contributed by atoms with Crippen LogP contribution >= 0.6 is 11.3 Å². The fourth-order valence-electron chi connectivity index (χ4n) is 2.30. The predicted molar refractivity (Wildman–Crippen MR) is 101 cm³/mol. The zero-order valence-electron chi connectivity index (χ0n) is 14.5. The lowest BCUT2D eigenvalue weighted by molar-refractivity contribution is 0.585. The number of aromatic nitrogens is 4. The van der Waals surface area contributed by atoms with Gasteiger partial charge in [-0.05, 0) is 31.5 Å². The minimum absolute atomic E-state index is 0.252. The van der Waals surface area contributed by atoms with Crippen LogP contribution in [0.15, 0.2) is 40.9 Å². The van der Waals surface area contributed by atoms with E-state index in [0.29, 0.717) is 28.2 Å². The summed E-state index contributed by atoms with van der Waals surface area (Å²) >= 11 is 1.30. The summed E-state index contributed by atoms with van der Waals surface area (Å²) < 4.78 is 29.1. The van der Waals surface area contributed by atoms with Gasteiger partial charge in [0, 0.05) is 36.4 Å². The lowest BCUT2D eigenvalue weighted by Crippen LogP contribution is -2.28. The first-order valence-electron chi connectivity index (χ1n) is 8.16. The summed E-state index contributed by atoms with van der Waals surface area (Å²) in [5.74, 6) is 1.87. The molecule has 0 aliphatic heterocycles. The maximum atomic E-state index is 12.3. The van der Waals surface area contributed by atoms with Crippen LogP contribution in [0.4, 0.5) is 5.82 Å². The number of anilines is 1. The van der Waals surface area contributed by atoms with Gasteiger partial charge in [0.05, 0.1) is 0 Å². The number of rotatable bonds is 8. The lowest BCUT2D eigenvalue weighted by Gasteiger charge is -2.09. The van der Waals surface area contributed by atoms with Gasteiger partial charge in [-0.3, -0.25) is 0 Å². The molecule has 0 radical (unpaired) electrons. The third-order valence-corrected chi connectivity index (χ3v) is 6.72. The van der Waals surface area contributed by atoms with Crippen LogP contribution in [-0.2, 0) is 16.4 Å². The molecule has 0 fully saturated rings. The second-order valence-corrected chi connectivity index (χ2v) is 8.67. The molecule has 0 amide bonds. The Balaban J connectivity index is 1.58. The Morgan fingerprint density at radius 2 is 2.08 bits per heavy atom. The van der Waals surface area contributed by atoms with E-state index in [4.69, 9.17) is 0 Å². The highest BCUT2D eigenvalue weighted by molar-refractivity contribution is 7.91. The van der Waals surface area contributed by atoms with Crippen LogP contribution in [-0.4, -0.2) is 41.3 Å². The van der Waals surface area contributed by atoms with Crippen LogP contribution in [0.1, 0.15) is 17.6 Å². The van der Waals surface area contributed by atoms with E-state index in [0.717, 1.165) is 11.3 Å². The Kier molecular flexibility index (Phi) is 5.64. The Morgan fingerprint density at radius 1 is 1.23 bits per heavy atom. The minimum atomic E-state index is -3.47. The third kappa shape index (κ3) is 4.45. The molecule has 0 unspecified atom stereocenters. The van der Waals surface area contributed by atoms with Crippen molar-refractivity contribution in [3.05, 3.63) is 47.4 Å². The van der Waals surface area contributed by atoms with E-state index < -0.39 is 10.0 Å². The van der Waals surface area contributed by atoms with Crippen molar-refractivity contribution < 1.29 is 8.42 Å². The van der Waals surface area contributed by atoms with E-state index in [-0.39, 0.29) is 6.54 Å². The standard InChI is InChI=1S/C16H20N6O2S2/c1-3-13-5-6-16(25-13)26(23,24)19-9-8-17-14-11-15(21-12(2)20-14)22-10-4-7-18-22/h4-7,10-11,19H,3,8-9H2,1-2H3,(H,17,20,21). The highest BCUT2D eigenvalue weighted by atomic mass is 32.2. The van der Waals surface area contributed by atoms with Crippen LogP contribution in [0, 0.1) is 6.92 Å². The van der Waals surface area contributed by atoms with E-state index in [9.17, 15) is 8.42 Å². The SMILES string of the molecule is CCc1ccc(S(=O)(=O)NCCNc2cc(-n3cccn3)nc(C)n2)s1. The molecule has 3 aromatic heterocycles. The number of aryl methyl sites for hydroxylation is 2. The van der Waals surface area contributed by atoms with Crippen LogP contribution in [0.3, 0.4) is 0 Å². The Labute approximate surface area is 156 Å². The van der Waals surface area contributed by atoms with Gasteiger partial charge in [-0.25, -0.2) is 27.8 Å². The lowest BCUT2D eigenvalue weighted by atomic mass is 10.4. The van der Waals surface area contributed by atoms with Crippen LogP contribution in [0.5, 0.6) is 0 Å². The van der Waals surface area contributed by atoms with E-state index in [2.05, 4.69) is 25.1 Å². The van der Waals surface area contributed by atoms with Gasteiger partial charge in [0.15, 0.2) is 5.82 Å². The molecule has 0 aliphatic carbocycles. The van der Waals surface area contributed by atoms with Crippen LogP contribution in [0.2, 0.25) is 0 Å². The fourth-order valence-corrected chi connectivity index (χ4v) is 4.68. The molecule has 3 heterocycles. The zero-order valence-corrected chi connectivity index (χ0v) is 16.1. The first-order valence-corrected chi connectivity index (χ1v) is 10.5. The third-order valence-electron chi connectivity index (χ3n) is 3.54. The van der Waals surface area contributed by atoms with Crippen molar-refractivity contribution in [2.45, 2.75) is 24.5 Å². The van der Waals surface area contributed by atoms with Gasteiger partial charge in [0.2, 0.25) is 10.0 Å². The summed E-state index contributed by atoms with van der Waals surface area (Å²) in [6.45, 7) is 4.45. The van der Waals surface area contributed by atoms with E-state index in [1.807, 2.05) is 19.1 Å². The maximum Gasteiger partial charge on any atom is 0.250 e. The summed E-state index contributed by atoms with van der Waals surface area (Å²) in [6, 6.07) is 7.07. The molecule has 0 aromatic carbocycles. The number of hydrogen-bond donors (Lipinski definition) is 2. The largest absolute Gasteiger partial charge is 0.369 e. The van der Waals surface area contributed by atoms with Crippen molar-refractivity contribution in [2.24, 2.45) is 0 Å². The number of nitrogens with zero attached hydrogens (tertiary/aromatic N) is 4. The molecule has 26 heavy (non-hydrogen) atoms. The van der Waals surface area contributed by atoms with Gasteiger partial charge < -0.3 is 5.32 Å². The fraction of sp³-hybridized carbons (Fsp3) is 0.312. The van der Waals surface area contributed by atoms with Gasteiger partial charge in [-0.1, -0.05) is 6.92 Å². The number of thiophene rings is 1. The molecule has 3 rings (SSSR count). The average Bonchev–Trinajstić information content (AvgIpc) is 3.29. The monoisotopic (exact) mass is 392 g/mol. The van der Waals surface area contributed by atoms with E-state index >= 15 is 0 Å². The van der Waals surface area contributed by atoms with Gasteiger partial charge in [0.25, 0.3) is 0 Å². The topological polar surface area (TPSA) is 102 Å². The molecule has 2 N–H and O–H groups in total. The second-order valence-electron chi connectivity index (χ2n) is 5.51. The van der Waals surface area contributed by atoms with Gasteiger partial charge in [-0.2, -0.15) is 5.10 Å². The van der Waals surface area contributed by atoms with Crippen molar-refractivity contribution in [1.82, 2.24) is 24.5 Å². The molecule has 8 nitrogen and oxygen atoms in total. The van der Waals surface area contributed by atoms with Crippen molar-refractivity contribution in [3.8, 4) is 5.82 Å². The van der Waals surface area contributed by atoms with Crippen molar-refractivity contribution in [1.29, 1.82) is 0 Å². The first-order chi connectivity index (χ1) is 12.5. The Hall–Kier alpha value is -2.30. The number of sulfonamides is 1. The summed E-state index contributed by atoms with van der Waals surface area (Å²) in [6.07, 6.45) is 4.30.